The molecule has 4 heteroatoms. The smallest absolute Gasteiger partial charge is 0.0616 e. The van der Waals surface area contributed by atoms with E-state index in [0.29, 0.717) is 6.61 Å². The predicted molar refractivity (Wildman–Crippen MR) is 60.8 cm³/mol. The first-order chi connectivity index (χ1) is 6.87. The van der Waals surface area contributed by atoms with Crippen LogP contribution in [0.5, 0.6) is 0 Å². The van der Waals surface area contributed by atoms with Crippen LogP contribution in [0.1, 0.15) is 12.8 Å². The summed E-state index contributed by atoms with van der Waals surface area (Å²) in [5, 5.41) is 13.0. The Morgan fingerprint density at radius 3 is 2.43 bits per heavy atom. The topological polar surface area (TPSA) is 35.5 Å². The Bertz CT molecular complexity index is 177. The van der Waals surface area contributed by atoms with Crippen LogP contribution < -0.4 is 5.32 Å². The second kappa shape index (κ2) is 4.84. The van der Waals surface area contributed by atoms with E-state index in [1.165, 1.54) is 11.5 Å². The van der Waals surface area contributed by atoms with Crippen LogP contribution in [0, 0.1) is 0 Å². The summed E-state index contributed by atoms with van der Waals surface area (Å²) in [7, 11) is 0. The van der Waals surface area contributed by atoms with Crippen molar-refractivity contribution in [2.45, 2.75) is 18.4 Å². The van der Waals surface area contributed by atoms with Gasteiger partial charge in [0, 0.05) is 31.7 Å². The summed E-state index contributed by atoms with van der Waals surface area (Å²) < 4.78 is 0. The van der Waals surface area contributed by atoms with Gasteiger partial charge >= 0.3 is 0 Å². The van der Waals surface area contributed by atoms with Crippen LogP contribution in [0.25, 0.3) is 0 Å². The summed E-state index contributed by atoms with van der Waals surface area (Å²) in [4.78, 5) is 2.50. The van der Waals surface area contributed by atoms with Gasteiger partial charge in [-0.05, 0) is 24.3 Å². The Hall–Kier alpha value is 0.230. The lowest BCUT2D eigenvalue weighted by Gasteiger charge is -2.47. The Kier molecular flexibility index (Phi) is 3.71. The number of rotatable bonds is 2. The number of aliphatic hydroxyl groups is 1. The van der Waals surface area contributed by atoms with Gasteiger partial charge in [-0.2, -0.15) is 11.8 Å². The largest absolute Gasteiger partial charge is 0.394 e. The standard InChI is InChI=1S/C10H20N2OS/c13-9-10(1-7-14-8-2-10)12-5-3-11-4-6-12/h11,13H,1-9H2. The summed E-state index contributed by atoms with van der Waals surface area (Å²) in [5.74, 6) is 2.43. The van der Waals surface area contributed by atoms with Crippen LogP contribution >= 0.6 is 11.8 Å². The number of thioether (sulfide) groups is 1. The van der Waals surface area contributed by atoms with Gasteiger partial charge in [0.05, 0.1) is 6.61 Å². The molecule has 0 aliphatic carbocycles. The molecule has 2 heterocycles. The SMILES string of the molecule is OCC1(N2CCNCC2)CCSCC1. The number of hydrogen-bond donors (Lipinski definition) is 2. The molecule has 2 saturated heterocycles. The first kappa shape index (κ1) is 10.7. The van der Waals surface area contributed by atoms with E-state index in [4.69, 9.17) is 0 Å². The van der Waals surface area contributed by atoms with Gasteiger partial charge in [-0.1, -0.05) is 0 Å². The fourth-order valence-corrected chi connectivity index (χ4v) is 3.72. The molecule has 0 spiro atoms. The lowest BCUT2D eigenvalue weighted by Crippen LogP contribution is -2.59. The van der Waals surface area contributed by atoms with Gasteiger partial charge in [-0.3, -0.25) is 4.90 Å². The van der Waals surface area contributed by atoms with E-state index in [0.717, 1.165) is 39.0 Å². The molecule has 0 aromatic carbocycles. The normalized spacial score (nSPS) is 28.9. The Morgan fingerprint density at radius 1 is 1.21 bits per heavy atom. The second-order valence-corrected chi connectivity index (χ2v) is 5.46. The molecule has 2 aliphatic heterocycles. The molecule has 2 rings (SSSR count). The van der Waals surface area contributed by atoms with Crippen molar-refractivity contribution in [3.8, 4) is 0 Å². The minimum Gasteiger partial charge on any atom is -0.394 e. The molecule has 2 aliphatic rings. The molecule has 14 heavy (non-hydrogen) atoms. The van der Waals surface area contributed by atoms with Crippen molar-refractivity contribution < 1.29 is 5.11 Å². The van der Waals surface area contributed by atoms with E-state index in [2.05, 4.69) is 10.2 Å². The van der Waals surface area contributed by atoms with Gasteiger partial charge in [0.15, 0.2) is 0 Å². The van der Waals surface area contributed by atoms with Crippen LogP contribution in [-0.4, -0.2) is 59.8 Å². The van der Waals surface area contributed by atoms with E-state index in [9.17, 15) is 5.11 Å². The monoisotopic (exact) mass is 216 g/mol. The molecular formula is C10H20N2OS. The van der Waals surface area contributed by atoms with E-state index in [1.807, 2.05) is 11.8 Å². The summed E-state index contributed by atoms with van der Waals surface area (Å²) in [6.45, 7) is 4.70. The molecule has 0 aromatic heterocycles. The number of piperazine rings is 1. The van der Waals surface area contributed by atoms with E-state index < -0.39 is 0 Å². The fraction of sp³-hybridized carbons (Fsp3) is 1.00. The summed E-state index contributed by atoms with van der Waals surface area (Å²) in [6.07, 6.45) is 2.32. The highest BCUT2D eigenvalue weighted by Crippen LogP contribution is 2.32. The van der Waals surface area contributed by atoms with Gasteiger partial charge in [0.1, 0.15) is 0 Å². The summed E-state index contributed by atoms with van der Waals surface area (Å²) in [5.41, 5.74) is 0.118. The summed E-state index contributed by atoms with van der Waals surface area (Å²) in [6, 6.07) is 0. The van der Waals surface area contributed by atoms with Crippen LogP contribution in [0.15, 0.2) is 0 Å². The van der Waals surface area contributed by atoms with Crippen molar-refractivity contribution in [2.24, 2.45) is 0 Å². The van der Waals surface area contributed by atoms with Gasteiger partial charge < -0.3 is 10.4 Å². The first-order valence-corrected chi connectivity index (χ1v) is 6.67. The molecule has 3 nitrogen and oxygen atoms in total. The van der Waals surface area contributed by atoms with Crippen molar-refractivity contribution >= 4 is 11.8 Å². The molecule has 2 N–H and O–H groups in total. The lowest BCUT2D eigenvalue weighted by molar-refractivity contribution is 0.0140. The number of nitrogens with zero attached hydrogens (tertiary/aromatic N) is 1. The lowest BCUT2D eigenvalue weighted by atomic mass is 9.90. The van der Waals surface area contributed by atoms with Crippen molar-refractivity contribution in [2.75, 3.05) is 44.3 Å². The zero-order valence-corrected chi connectivity index (χ0v) is 9.48. The van der Waals surface area contributed by atoms with Gasteiger partial charge in [0.2, 0.25) is 0 Å². The molecule has 0 saturated carbocycles. The zero-order chi connectivity index (χ0) is 9.86. The molecule has 0 atom stereocenters. The van der Waals surface area contributed by atoms with Crippen LogP contribution in [0.4, 0.5) is 0 Å². The third-order valence-corrected chi connectivity index (χ3v) is 4.49. The van der Waals surface area contributed by atoms with Crippen molar-refractivity contribution in [1.82, 2.24) is 10.2 Å². The maximum Gasteiger partial charge on any atom is 0.0616 e. The van der Waals surface area contributed by atoms with Crippen molar-refractivity contribution in [3.05, 3.63) is 0 Å². The molecular weight excluding hydrogens is 196 g/mol. The highest BCUT2D eigenvalue weighted by molar-refractivity contribution is 7.99. The summed E-state index contributed by atoms with van der Waals surface area (Å²) >= 11 is 2.02. The number of aliphatic hydroxyl groups excluding tert-OH is 1. The molecule has 0 bridgehead atoms. The van der Waals surface area contributed by atoms with Gasteiger partial charge in [-0.25, -0.2) is 0 Å². The van der Waals surface area contributed by atoms with Crippen LogP contribution in [-0.2, 0) is 0 Å². The Labute approximate surface area is 90.2 Å². The molecule has 82 valence electrons. The van der Waals surface area contributed by atoms with Crippen LogP contribution in [0.2, 0.25) is 0 Å². The molecule has 0 radical (unpaired) electrons. The average molecular weight is 216 g/mol. The van der Waals surface area contributed by atoms with Crippen molar-refractivity contribution in [3.63, 3.8) is 0 Å². The zero-order valence-electron chi connectivity index (χ0n) is 8.67. The van der Waals surface area contributed by atoms with Crippen LogP contribution in [0.3, 0.4) is 0 Å². The Balaban J connectivity index is 2.01. The van der Waals surface area contributed by atoms with E-state index >= 15 is 0 Å². The van der Waals surface area contributed by atoms with Crippen molar-refractivity contribution in [1.29, 1.82) is 0 Å². The third-order valence-electron chi connectivity index (χ3n) is 3.51. The highest BCUT2D eigenvalue weighted by Gasteiger charge is 2.37. The molecule has 0 aromatic rings. The maximum absolute atomic E-state index is 9.62. The maximum atomic E-state index is 9.62. The molecule has 0 unspecified atom stereocenters. The minimum atomic E-state index is 0.118. The van der Waals surface area contributed by atoms with E-state index in [-0.39, 0.29) is 5.54 Å². The highest BCUT2D eigenvalue weighted by atomic mass is 32.2. The first-order valence-electron chi connectivity index (χ1n) is 5.52. The third kappa shape index (κ3) is 2.08. The number of nitrogens with one attached hydrogen (secondary N) is 1. The quantitative estimate of drug-likeness (QED) is 0.689. The Morgan fingerprint density at radius 2 is 1.86 bits per heavy atom. The van der Waals surface area contributed by atoms with Gasteiger partial charge in [0.25, 0.3) is 0 Å². The minimum absolute atomic E-state index is 0.118. The average Bonchev–Trinajstić information content (AvgIpc) is 2.31. The molecule has 0 amide bonds. The van der Waals surface area contributed by atoms with E-state index in [1.54, 1.807) is 0 Å². The molecule has 2 fully saturated rings. The predicted octanol–water partition coefficient (Wildman–Crippen LogP) is 0.150. The second-order valence-electron chi connectivity index (χ2n) is 4.23. The number of hydrogen-bond acceptors (Lipinski definition) is 4. The van der Waals surface area contributed by atoms with Gasteiger partial charge in [-0.15, -0.1) is 0 Å². The fourth-order valence-electron chi connectivity index (χ4n) is 2.46.